The van der Waals surface area contributed by atoms with E-state index in [9.17, 15) is 0 Å². The number of rotatable bonds is 5. The molecule has 2 heterocycles. The second-order valence-electron chi connectivity index (χ2n) is 7.10. The van der Waals surface area contributed by atoms with Gasteiger partial charge in [0.1, 0.15) is 0 Å². The first-order valence-electron chi connectivity index (χ1n) is 9.68. The van der Waals surface area contributed by atoms with Gasteiger partial charge in [-0.1, -0.05) is 24.3 Å². The van der Waals surface area contributed by atoms with Gasteiger partial charge in [0.25, 0.3) is 0 Å². The smallest absolute Gasteiger partial charge is 0.164 e. The number of fused-ring (bicyclic) bond motifs is 1. The first-order chi connectivity index (χ1) is 13.3. The van der Waals surface area contributed by atoms with E-state index in [4.69, 9.17) is 14.2 Å². The van der Waals surface area contributed by atoms with Crippen LogP contribution in [0, 0.1) is 0 Å². The molecule has 0 aliphatic carbocycles. The van der Waals surface area contributed by atoms with E-state index in [1.807, 2.05) is 6.07 Å². The van der Waals surface area contributed by atoms with Crippen LogP contribution < -0.4 is 14.4 Å². The van der Waals surface area contributed by atoms with Crippen LogP contribution >= 0.6 is 0 Å². The first kappa shape index (κ1) is 18.1. The van der Waals surface area contributed by atoms with Gasteiger partial charge in [-0.15, -0.1) is 0 Å². The Morgan fingerprint density at radius 2 is 1.74 bits per heavy atom. The minimum atomic E-state index is 0.0943. The Kier molecular flexibility index (Phi) is 5.50. The van der Waals surface area contributed by atoms with E-state index in [1.54, 1.807) is 14.2 Å². The van der Waals surface area contributed by atoms with Crippen molar-refractivity contribution in [1.82, 2.24) is 4.90 Å². The van der Waals surface area contributed by atoms with E-state index >= 15 is 0 Å². The van der Waals surface area contributed by atoms with Crippen LogP contribution in [0.4, 0.5) is 5.69 Å². The predicted molar refractivity (Wildman–Crippen MR) is 107 cm³/mol. The molecular weight excluding hydrogens is 340 g/mol. The average Bonchev–Trinajstić information content (AvgIpc) is 2.74. The lowest BCUT2D eigenvalue weighted by Gasteiger charge is -2.38. The van der Waals surface area contributed by atoms with Crippen LogP contribution in [0.15, 0.2) is 42.5 Å². The molecule has 1 atom stereocenters. The van der Waals surface area contributed by atoms with Gasteiger partial charge in [0.15, 0.2) is 11.5 Å². The van der Waals surface area contributed by atoms with E-state index in [1.165, 1.54) is 16.8 Å². The van der Waals surface area contributed by atoms with Crippen LogP contribution in [0.3, 0.4) is 0 Å². The van der Waals surface area contributed by atoms with Gasteiger partial charge < -0.3 is 19.1 Å². The van der Waals surface area contributed by atoms with Crippen LogP contribution in [0.2, 0.25) is 0 Å². The molecule has 27 heavy (non-hydrogen) atoms. The Morgan fingerprint density at radius 3 is 2.44 bits per heavy atom. The molecular formula is C22H28N2O3. The van der Waals surface area contributed by atoms with E-state index in [2.05, 4.69) is 46.2 Å². The number of methoxy groups -OCH3 is 2. The summed E-state index contributed by atoms with van der Waals surface area (Å²) in [6.07, 6.45) is 0.963. The van der Waals surface area contributed by atoms with Gasteiger partial charge in [-0.05, 0) is 30.2 Å². The molecule has 1 unspecified atom stereocenters. The molecule has 0 radical (unpaired) electrons. The second-order valence-corrected chi connectivity index (χ2v) is 7.10. The quantitative estimate of drug-likeness (QED) is 0.810. The highest BCUT2D eigenvalue weighted by molar-refractivity contribution is 5.52. The largest absolute Gasteiger partial charge is 0.493 e. The molecule has 0 bridgehead atoms. The summed E-state index contributed by atoms with van der Waals surface area (Å²) < 4.78 is 17.2. The number of para-hydroxylation sites is 1. The fourth-order valence-corrected chi connectivity index (χ4v) is 4.17. The van der Waals surface area contributed by atoms with Crippen LogP contribution in [0.1, 0.15) is 17.2 Å². The summed E-state index contributed by atoms with van der Waals surface area (Å²) in [5, 5.41) is 0. The van der Waals surface area contributed by atoms with E-state index in [0.29, 0.717) is 0 Å². The standard InChI is InChI=1S/C22H28N2O3/c1-25-20-9-8-18-19(22(20)26-2)10-15-27-21(18)16-23-11-13-24(14-12-23)17-6-4-3-5-7-17/h3-9,21H,10-16H2,1-2H3. The molecule has 144 valence electrons. The number of benzene rings is 2. The van der Waals surface area contributed by atoms with Gasteiger partial charge in [-0.3, -0.25) is 4.90 Å². The maximum atomic E-state index is 6.14. The molecule has 0 N–H and O–H groups in total. The number of piperazine rings is 1. The number of nitrogens with zero attached hydrogens (tertiary/aromatic N) is 2. The molecule has 5 heteroatoms. The molecule has 2 aromatic rings. The molecule has 2 aliphatic heterocycles. The van der Waals surface area contributed by atoms with Crippen molar-refractivity contribution in [2.24, 2.45) is 0 Å². The van der Waals surface area contributed by atoms with Gasteiger partial charge >= 0.3 is 0 Å². The van der Waals surface area contributed by atoms with Gasteiger partial charge in [-0.25, -0.2) is 0 Å². The van der Waals surface area contributed by atoms with Gasteiger partial charge in [0.2, 0.25) is 0 Å². The van der Waals surface area contributed by atoms with Crippen molar-refractivity contribution in [2.45, 2.75) is 12.5 Å². The van der Waals surface area contributed by atoms with Crippen molar-refractivity contribution >= 4 is 5.69 Å². The zero-order chi connectivity index (χ0) is 18.6. The Balaban J connectivity index is 1.43. The lowest BCUT2D eigenvalue weighted by Crippen LogP contribution is -2.48. The predicted octanol–water partition coefficient (Wildman–Crippen LogP) is 3.14. The van der Waals surface area contributed by atoms with Crippen molar-refractivity contribution in [1.29, 1.82) is 0 Å². The van der Waals surface area contributed by atoms with Crippen molar-refractivity contribution in [3.05, 3.63) is 53.6 Å². The third-order valence-electron chi connectivity index (χ3n) is 5.62. The lowest BCUT2D eigenvalue weighted by atomic mass is 9.95. The van der Waals surface area contributed by atoms with Crippen molar-refractivity contribution in [3.63, 3.8) is 0 Å². The van der Waals surface area contributed by atoms with Gasteiger partial charge in [-0.2, -0.15) is 0 Å². The normalized spacial score (nSPS) is 20.2. The molecule has 1 saturated heterocycles. The summed E-state index contributed by atoms with van der Waals surface area (Å²) in [6.45, 7) is 5.86. The minimum absolute atomic E-state index is 0.0943. The molecule has 5 nitrogen and oxygen atoms in total. The fraction of sp³-hybridized carbons (Fsp3) is 0.455. The summed E-state index contributed by atoms with van der Waals surface area (Å²) in [5.74, 6) is 1.66. The number of anilines is 1. The SMILES string of the molecule is COc1ccc2c(c1OC)CCOC2CN1CCN(c2ccccc2)CC1. The zero-order valence-corrected chi connectivity index (χ0v) is 16.2. The Bertz CT molecular complexity index is 758. The summed E-state index contributed by atoms with van der Waals surface area (Å²) >= 11 is 0. The Hall–Kier alpha value is -2.24. The lowest BCUT2D eigenvalue weighted by molar-refractivity contribution is 0.0142. The summed E-state index contributed by atoms with van der Waals surface area (Å²) in [6, 6.07) is 14.8. The third kappa shape index (κ3) is 3.75. The number of hydrogen-bond acceptors (Lipinski definition) is 5. The van der Waals surface area contributed by atoms with Gasteiger partial charge in [0.05, 0.1) is 26.9 Å². The third-order valence-corrected chi connectivity index (χ3v) is 5.62. The second kappa shape index (κ2) is 8.19. The van der Waals surface area contributed by atoms with Crippen LogP contribution in [0.5, 0.6) is 11.5 Å². The molecule has 1 fully saturated rings. The molecule has 4 rings (SSSR count). The molecule has 0 aromatic heterocycles. The highest BCUT2D eigenvalue weighted by Gasteiger charge is 2.28. The van der Waals surface area contributed by atoms with Crippen molar-refractivity contribution < 1.29 is 14.2 Å². The van der Waals surface area contributed by atoms with E-state index < -0.39 is 0 Å². The maximum Gasteiger partial charge on any atom is 0.164 e. The maximum absolute atomic E-state index is 6.14. The molecule has 0 saturated carbocycles. The fourth-order valence-electron chi connectivity index (χ4n) is 4.17. The van der Waals surface area contributed by atoms with Crippen molar-refractivity contribution in [2.75, 3.05) is 58.5 Å². The minimum Gasteiger partial charge on any atom is -0.493 e. The summed E-state index contributed by atoms with van der Waals surface area (Å²) in [5.41, 5.74) is 3.79. The Morgan fingerprint density at radius 1 is 0.963 bits per heavy atom. The Labute approximate surface area is 161 Å². The highest BCUT2D eigenvalue weighted by atomic mass is 16.5. The number of ether oxygens (including phenoxy) is 3. The van der Waals surface area contributed by atoms with E-state index in [-0.39, 0.29) is 6.10 Å². The summed E-state index contributed by atoms with van der Waals surface area (Å²) in [7, 11) is 3.40. The average molecular weight is 368 g/mol. The van der Waals surface area contributed by atoms with Gasteiger partial charge in [0, 0.05) is 44.0 Å². The monoisotopic (exact) mass is 368 g/mol. The molecule has 2 aromatic carbocycles. The summed E-state index contributed by atoms with van der Waals surface area (Å²) in [4.78, 5) is 4.97. The van der Waals surface area contributed by atoms with E-state index in [0.717, 1.165) is 57.3 Å². The highest BCUT2D eigenvalue weighted by Crippen LogP contribution is 2.39. The first-order valence-corrected chi connectivity index (χ1v) is 9.68. The molecule has 0 amide bonds. The number of hydrogen-bond donors (Lipinski definition) is 0. The topological polar surface area (TPSA) is 34.2 Å². The molecule has 2 aliphatic rings. The van der Waals surface area contributed by atoms with Crippen LogP contribution in [0.25, 0.3) is 0 Å². The molecule has 0 spiro atoms. The van der Waals surface area contributed by atoms with Crippen LogP contribution in [-0.2, 0) is 11.2 Å². The van der Waals surface area contributed by atoms with Crippen molar-refractivity contribution in [3.8, 4) is 11.5 Å². The van der Waals surface area contributed by atoms with Crippen LogP contribution in [-0.4, -0.2) is 58.5 Å². The zero-order valence-electron chi connectivity index (χ0n) is 16.2.